The van der Waals surface area contributed by atoms with Crippen LogP contribution in [0, 0.1) is 6.92 Å². The number of methoxy groups -OCH3 is 1. The minimum Gasteiger partial charge on any atom is -0.383 e. The average Bonchev–Trinajstić information content (AvgIpc) is 3.53. The number of carbonyl (C=O) groups is 2. The lowest BCUT2D eigenvalue weighted by Gasteiger charge is -2.24. The summed E-state index contributed by atoms with van der Waals surface area (Å²) in [5, 5.41) is 13.4. The Kier molecular flexibility index (Phi) is 9.06. The normalized spacial score (nSPS) is 11.5. The van der Waals surface area contributed by atoms with E-state index in [1.165, 1.54) is 11.3 Å². The highest BCUT2D eigenvalue weighted by molar-refractivity contribution is 7.12. The van der Waals surface area contributed by atoms with Gasteiger partial charge in [-0.05, 0) is 67.9 Å². The number of thiophene rings is 1. The van der Waals surface area contributed by atoms with Crippen molar-refractivity contribution in [2.45, 2.75) is 6.92 Å². The monoisotopic (exact) mass is 531 g/mol. The van der Waals surface area contributed by atoms with Gasteiger partial charge in [0.05, 0.1) is 22.7 Å². The summed E-state index contributed by atoms with van der Waals surface area (Å²) in [6.45, 7) is 4.13. The first-order valence-corrected chi connectivity index (χ1v) is 13.3. The molecule has 0 saturated heterocycles. The first kappa shape index (κ1) is 27.3. The van der Waals surface area contributed by atoms with E-state index in [1.807, 2.05) is 79.8 Å². The SMILES string of the molecule is COCCN(CCN(C)C)C(=O)c1ccc(C=Cc2n[nH]c3ccccc23)c(NC(=O)c2sccc2C)c1. The Hall–Kier alpha value is -3.79. The quantitative estimate of drug-likeness (QED) is 0.284. The van der Waals surface area contributed by atoms with Crippen molar-refractivity contribution in [3.63, 3.8) is 0 Å². The Bertz CT molecular complexity index is 1440. The van der Waals surface area contributed by atoms with Gasteiger partial charge in [0.1, 0.15) is 0 Å². The molecule has 4 aromatic rings. The largest absolute Gasteiger partial charge is 0.383 e. The van der Waals surface area contributed by atoms with Gasteiger partial charge in [-0.25, -0.2) is 0 Å². The Morgan fingerprint density at radius 1 is 1.08 bits per heavy atom. The van der Waals surface area contributed by atoms with Crippen molar-refractivity contribution >= 4 is 51.9 Å². The number of aryl methyl sites for hydroxylation is 1. The maximum Gasteiger partial charge on any atom is 0.266 e. The number of carbonyl (C=O) groups excluding carboxylic acids is 2. The highest BCUT2D eigenvalue weighted by Crippen LogP contribution is 2.25. The minimum atomic E-state index is -0.203. The van der Waals surface area contributed by atoms with Crippen LogP contribution in [0.5, 0.6) is 0 Å². The van der Waals surface area contributed by atoms with Crippen LogP contribution in [0.4, 0.5) is 5.69 Å². The molecule has 0 unspecified atom stereocenters. The van der Waals surface area contributed by atoms with Crippen molar-refractivity contribution in [2.24, 2.45) is 0 Å². The number of nitrogens with one attached hydrogen (secondary N) is 2. The second kappa shape index (κ2) is 12.6. The third-order valence-electron chi connectivity index (χ3n) is 6.21. The predicted molar refractivity (Wildman–Crippen MR) is 155 cm³/mol. The second-order valence-electron chi connectivity index (χ2n) is 9.26. The van der Waals surface area contributed by atoms with Gasteiger partial charge in [-0.3, -0.25) is 14.7 Å². The van der Waals surface area contributed by atoms with Gasteiger partial charge in [-0.1, -0.05) is 30.3 Å². The number of hydrogen-bond acceptors (Lipinski definition) is 6. The van der Waals surface area contributed by atoms with E-state index in [2.05, 4.69) is 15.5 Å². The third kappa shape index (κ3) is 6.55. The Labute approximate surface area is 226 Å². The Morgan fingerprint density at radius 2 is 1.89 bits per heavy atom. The predicted octanol–water partition coefficient (Wildman–Crippen LogP) is 5.01. The molecule has 2 aromatic heterocycles. The van der Waals surface area contributed by atoms with Crippen molar-refractivity contribution in [1.82, 2.24) is 20.0 Å². The lowest BCUT2D eigenvalue weighted by molar-refractivity contribution is 0.0683. The topological polar surface area (TPSA) is 90.6 Å². The third-order valence-corrected chi connectivity index (χ3v) is 7.22. The van der Waals surface area contributed by atoms with E-state index < -0.39 is 0 Å². The van der Waals surface area contributed by atoms with E-state index >= 15 is 0 Å². The van der Waals surface area contributed by atoms with Crippen molar-refractivity contribution in [1.29, 1.82) is 0 Å². The lowest BCUT2D eigenvalue weighted by atomic mass is 10.1. The fourth-order valence-electron chi connectivity index (χ4n) is 4.03. The molecule has 0 aliphatic rings. The zero-order valence-corrected chi connectivity index (χ0v) is 23.0. The number of fused-ring (bicyclic) bond motifs is 1. The highest BCUT2D eigenvalue weighted by Gasteiger charge is 2.19. The van der Waals surface area contributed by atoms with Gasteiger partial charge in [0.25, 0.3) is 11.8 Å². The molecule has 38 heavy (non-hydrogen) atoms. The Morgan fingerprint density at radius 3 is 2.63 bits per heavy atom. The van der Waals surface area contributed by atoms with Gasteiger partial charge < -0.3 is 19.9 Å². The van der Waals surface area contributed by atoms with Crippen molar-refractivity contribution < 1.29 is 14.3 Å². The fraction of sp³-hybridized carbons (Fsp3) is 0.276. The van der Waals surface area contributed by atoms with Crippen LogP contribution in [0.25, 0.3) is 23.1 Å². The molecule has 198 valence electrons. The van der Waals surface area contributed by atoms with Gasteiger partial charge >= 0.3 is 0 Å². The number of nitrogens with zero attached hydrogens (tertiary/aromatic N) is 3. The summed E-state index contributed by atoms with van der Waals surface area (Å²) in [6, 6.07) is 15.2. The lowest BCUT2D eigenvalue weighted by Crippen LogP contribution is -2.38. The summed E-state index contributed by atoms with van der Waals surface area (Å²) in [5.41, 5.74) is 4.48. The van der Waals surface area contributed by atoms with Crippen molar-refractivity contribution in [2.75, 3.05) is 52.8 Å². The van der Waals surface area contributed by atoms with E-state index in [0.29, 0.717) is 35.8 Å². The molecule has 0 bridgehead atoms. The molecule has 0 aliphatic carbocycles. The molecular formula is C29H33N5O3S. The molecule has 0 saturated carbocycles. The number of H-pyrrole nitrogens is 1. The molecule has 0 radical (unpaired) electrons. The molecule has 9 heteroatoms. The van der Waals surface area contributed by atoms with Crippen LogP contribution in [-0.4, -0.2) is 79.3 Å². The number of benzene rings is 2. The van der Waals surface area contributed by atoms with Gasteiger partial charge in [-0.2, -0.15) is 5.10 Å². The van der Waals surface area contributed by atoms with Crippen LogP contribution in [0.3, 0.4) is 0 Å². The zero-order valence-electron chi connectivity index (χ0n) is 22.2. The van der Waals surface area contributed by atoms with Crippen molar-refractivity contribution in [3.8, 4) is 0 Å². The summed E-state index contributed by atoms with van der Waals surface area (Å²) >= 11 is 1.39. The number of hydrogen-bond donors (Lipinski definition) is 2. The molecule has 8 nitrogen and oxygen atoms in total. The number of anilines is 1. The summed E-state index contributed by atoms with van der Waals surface area (Å²) in [5.74, 6) is -0.314. The number of aromatic nitrogens is 2. The van der Waals surface area contributed by atoms with E-state index in [1.54, 1.807) is 24.1 Å². The summed E-state index contributed by atoms with van der Waals surface area (Å²) in [4.78, 5) is 31.1. The van der Waals surface area contributed by atoms with Gasteiger partial charge in [-0.15, -0.1) is 11.3 Å². The standard InChI is InChI=1S/C29H33N5O3S/c1-20-13-18-38-27(20)28(35)30-26-19-22(29(36)34(16-17-37-4)15-14-33(2)3)10-9-21(26)11-12-25-23-7-5-6-8-24(23)31-32-25/h5-13,18-19H,14-17H2,1-4H3,(H,30,35)(H,31,32). The zero-order chi connectivity index (χ0) is 27.1. The molecule has 4 rings (SSSR count). The second-order valence-corrected chi connectivity index (χ2v) is 10.2. The molecule has 0 fully saturated rings. The minimum absolute atomic E-state index is 0.111. The van der Waals surface area contributed by atoms with E-state index in [-0.39, 0.29) is 11.8 Å². The van der Waals surface area contributed by atoms with E-state index in [9.17, 15) is 9.59 Å². The van der Waals surface area contributed by atoms with Crippen LogP contribution in [0.1, 0.15) is 36.9 Å². The number of aromatic amines is 1. The summed E-state index contributed by atoms with van der Waals surface area (Å²) < 4.78 is 5.23. The molecule has 2 aromatic carbocycles. The van der Waals surface area contributed by atoms with Gasteiger partial charge in [0, 0.05) is 43.4 Å². The summed E-state index contributed by atoms with van der Waals surface area (Å²) in [6.07, 6.45) is 3.81. The number of ether oxygens (including phenoxy) is 1. The maximum atomic E-state index is 13.5. The molecule has 0 atom stereocenters. The smallest absolute Gasteiger partial charge is 0.266 e. The van der Waals surface area contributed by atoms with Crippen LogP contribution in [0.2, 0.25) is 0 Å². The molecule has 0 aliphatic heterocycles. The number of amides is 2. The van der Waals surface area contributed by atoms with Crippen LogP contribution < -0.4 is 5.32 Å². The number of rotatable bonds is 11. The van der Waals surface area contributed by atoms with Crippen molar-refractivity contribution in [3.05, 3.63) is 81.2 Å². The fourth-order valence-corrected chi connectivity index (χ4v) is 4.85. The van der Waals surface area contributed by atoms with Gasteiger partial charge in [0.15, 0.2) is 0 Å². The molecular weight excluding hydrogens is 498 g/mol. The van der Waals surface area contributed by atoms with Crippen LogP contribution in [0.15, 0.2) is 53.9 Å². The van der Waals surface area contributed by atoms with Gasteiger partial charge in [0.2, 0.25) is 0 Å². The Balaban J connectivity index is 1.67. The molecule has 2 N–H and O–H groups in total. The first-order valence-electron chi connectivity index (χ1n) is 12.4. The number of likely N-dealkylation sites (N-methyl/N-ethyl adjacent to an activating group) is 1. The van der Waals surface area contributed by atoms with E-state index in [0.717, 1.165) is 34.3 Å². The van der Waals surface area contributed by atoms with E-state index in [4.69, 9.17) is 4.74 Å². The summed E-state index contributed by atoms with van der Waals surface area (Å²) in [7, 11) is 5.57. The molecule has 0 spiro atoms. The first-order chi connectivity index (χ1) is 18.4. The average molecular weight is 532 g/mol. The number of para-hydroxylation sites is 1. The highest BCUT2D eigenvalue weighted by atomic mass is 32.1. The molecule has 2 heterocycles. The van der Waals surface area contributed by atoms with Crippen LogP contribution in [-0.2, 0) is 4.74 Å². The van der Waals surface area contributed by atoms with Crippen LogP contribution >= 0.6 is 11.3 Å². The molecule has 2 amide bonds. The maximum absolute atomic E-state index is 13.5.